The molecule has 1 aliphatic rings. The zero-order valence-corrected chi connectivity index (χ0v) is 14.3. The van der Waals surface area contributed by atoms with Crippen LogP contribution in [0.5, 0.6) is 11.5 Å². The monoisotopic (exact) mass is 404 g/mol. The number of carbonyl (C=O) groups is 2. The number of hydrogen-bond donors (Lipinski definition) is 0. The summed E-state index contributed by atoms with van der Waals surface area (Å²) in [7, 11) is 1.51. The molecule has 0 fully saturated rings. The van der Waals surface area contributed by atoms with E-state index in [4.69, 9.17) is 9.47 Å². The van der Waals surface area contributed by atoms with Gasteiger partial charge in [-0.1, -0.05) is 31.9 Å². The van der Waals surface area contributed by atoms with Gasteiger partial charge in [0.05, 0.1) is 7.11 Å². The number of hydrogen-bond acceptors (Lipinski definition) is 4. The SMILES string of the molecule is COc1cc2c(cc1OC(C)=O)C(=O)C(Br)(Br)CCC2. The van der Waals surface area contributed by atoms with Crippen LogP contribution in [0.4, 0.5) is 0 Å². The summed E-state index contributed by atoms with van der Waals surface area (Å²) in [5.41, 5.74) is 1.46. The van der Waals surface area contributed by atoms with Gasteiger partial charge in [0.25, 0.3) is 0 Å². The molecule has 0 saturated heterocycles. The summed E-state index contributed by atoms with van der Waals surface area (Å²) in [6, 6.07) is 3.35. The molecular weight excluding hydrogens is 392 g/mol. The van der Waals surface area contributed by atoms with Crippen LogP contribution in [0.1, 0.15) is 35.7 Å². The lowest BCUT2D eigenvalue weighted by Crippen LogP contribution is -2.23. The number of carbonyl (C=O) groups excluding carboxylic acids is 2. The van der Waals surface area contributed by atoms with Gasteiger partial charge in [-0.2, -0.15) is 0 Å². The first kappa shape index (κ1) is 15.5. The highest BCUT2D eigenvalue weighted by Gasteiger charge is 2.37. The first-order valence-electron chi connectivity index (χ1n) is 6.17. The number of benzene rings is 1. The van der Waals surface area contributed by atoms with E-state index in [0.717, 1.165) is 18.4 Å². The van der Waals surface area contributed by atoms with Crippen LogP contribution in [0, 0.1) is 0 Å². The molecule has 0 saturated carbocycles. The smallest absolute Gasteiger partial charge is 0.308 e. The standard InChI is InChI=1S/C14H14Br2O4/c1-8(17)20-12-7-10-9(6-11(12)19-2)4-3-5-14(15,16)13(10)18/h6-7H,3-5H2,1-2H3. The van der Waals surface area contributed by atoms with Gasteiger partial charge in [-0.15, -0.1) is 0 Å². The van der Waals surface area contributed by atoms with Crippen LogP contribution in [0.3, 0.4) is 0 Å². The van der Waals surface area contributed by atoms with Gasteiger partial charge in [0, 0.05) is 12.5 Å². The second-order valence-electron chi connectivity index (χ2n) is 4.64. The van der Waals surface area contributed by atoms with Gasteiger partial charge in [-0.3, -0.25) is 9.59 Å². The van der Waals surface area contributed by atoms with Gasteiger partial charge >= 0.3 is 5.97 Å². The van der Waals surface area contributed by atoms with Crippen molar-refractivity contribution in [1.82, 2.24) is 0 Å². The molecule has 108 valence electrons. The number of esters is 1. The molecule has 6 heteroatoms. The predicted octanol–water partition coefficient (Wildman–Crippen LogP) is 3.63. The summed E-state index contributed by atoms with van der Waals surface area (Å²) < 4.78 is 9.58. The third kappa shape index (κ3) is 3.06. The second kappa shape index (κ2) is 5.85. The number of aryl methyl sites for hydroxylation is 1. The Labute approximate surface area is 134 Å². The van der Waals surface area contributed by atoms with Crippen molar-refractivity contribution in [2.24, 2.45) is 0 Å². The largest absolute Gasteiger partial charge is 0.493 e. The van der Waals surface area contributed by atoms with E-state index in [1.807, 2.05) is 0 Å². The Bertz CT molecular complexity index is 567. The lowest BCUT2D eigenvalue weighted by atomic mass is 10.0. The molecule has 0 heterocycles. The van der Waals surface area contributed by atoms with Gasteiger partial charge in [-0.25, -0.2) is 0 Å². The Morgan fingerprint density at radius 2 is 2.00 bits per heavy atom. The highest BCUT2D eigenvalue weighted by atomic mass is 79.9. The predicted molar refractivity (Wildman–Crippen MR) is 82.2 cm³/mol. The molecular formula is C14H14Br2O4. The number of Topliss-reactive ketones (excluding diaryl/α,β-unsaturated/α-hetero) is 1. The fraction of sp³-hybridized carbons (Fsp3) is 0.429. The summed E-state index contributed by atoms with van der Waals surface area (Å²) >= 11 is 6.83. The molecule has 20 heavy (non-hydrogen) atoms. The molecule has 0 unspecified atom stereocenters. The third-order valence-electron chi connectivity index (χ3n) is 3.16. The fourth-order valence-corrected chi connectivity index (χ4v) is 3.21. The minimum absolute atomic E-state index is 0.0685. The highest BCUT2D eigenvalue weighted by Crippen LogP contribution is 2.42. The Kier molecular flexibility index (Phi) is 4.54. The van der Waals surface area contributed by atoms with E-state index < -0.39 is 9.20 Å². The Morgan fingerprint density at radius 3 is 2.60 bits per heavy atom. The molecule has 1 aliphatic carbocycles. The van der Waals surface area contributed by atoms with Crippen LogP contribution in [0.15, 0.2) is 12.1 Å². The molecule has 0 aromatic heterocycles. The molecule has 0 radical (unpaired) electrons. The molecule has 0 amide bonds. The van der Waals surface area contributed by atoms with Gasteiger partial charge in [0.1, 0.15) is 3.23 Å². The maximum atomic E-state index is 12.5. The first-order valence-corrected chi connectivity index (χ1v) is 7.75. The lowest BCUT2D eigenvalue weighted by molar-refractivity contribution is -0.132. The maximum absolute atomic E-state index is 12.5. The minimum atomic E-state index is -0.757. The van der Waals surface area contributed by atoms with Gasteiger partial charge in [0.15, 0.2) is 17.3 Å². The fourth-order valence-electron chi connectivity index (χ4n) is 2.23. The summed E-state index contributed by atoms with van der Waals surface area (Å²) in [6.07, 6.45) is 2.33. The zero-order chi connectivity index (χ0) is 14.9. The van der Waals surface area contributed by atoms with E-state index in [1.54, 1.807) is 12.1 Å². The van der Waals surface area contributed by atoms with Gasteiger partial charge < -0.3 is 9.47 Å². The van der Waals surface area contributed by atoms with Crippen LogP contribution >= 0.6 is 31.9 Å². The van der Waals surface area contributed by atoms with E-state index in [-0.39, 0.29) is 11.5 Å². The van der Waals surface area contributed by atoms with Crippen molar-refractivity contribution < 1.29 is 19.1 Å². The van der Waals surface area contributed by atoms with Crippen molar-refractivity contribution in [2.45, 2.75) is 29.4 Å². The number of alkyl halides is 2. The van der Waals surface area contributed by atoms with Gasteiger partial charge in [-0.05, 0) is 37.0 Å². The van der Waals surface area contributed by atoms with Crippen LogP contribution in [0.25, 0.3) is 0 Å². The molecule has 0 bridgehead atoms. The van der Waals surface area contributed by atoms with Crippen molar-refractivity contribution in [3.8, 4) is 11.5 Å². The summed E-state index contributed by atoms with van der Waals surface area (Å²) in [5, 5.41) is 0. The van der Waals surface area contributed by atoms with Crippen molar-refractivity contribution in [3.63, 3.8) is 0 Å². The Hall–Kier alpha value is -0.880. The van der Waals surface area contributed by atoms with E-state index in [0.29, 0.717) is 17.7 Å². The number of fused-ring (bicyclic) bond motifs is 1. The second-order valence-corrected chi connectivity index (χ2v) is 8.41. The van der Waals surface area contributed by atoms with Crippen molar-refractivity contribution in [1.29, 1.82) is 0 Å². The average molecular weight is 406 g/mol. The average Bonchev–Trinajstić information content (AvgIpc) is 2.47. The summed E-state index contributed by atoms with van der Waals surface area (Å²) in [6.45, 7) is 1.31. The van der Waals surface area contributed by atoms with Crippen LogP contribution < -0.4 is 9.47 Å². The van der Waals surface area contributed by atoms with Crippen LogP contribution in [-0.4, -0.2) is 22.1 Å². The first-order chi connectivity index (χ1) is 9.35. The Morgan fingerprint density at radius 1 is 1.30 bits per heavy atom. The molecule has 0 atom stereocenters. The minimum Gasteiger partial charge on any atom is -0.493 e. The normalized spacial score (nSPS) is 17.1. The lowest BCUT2D eigenvalue weighted by Gasteiger charge is -2.17. The number of methoxy groups -OCH3 is 1. The molecule has 0 spiro atoms. The number of ether oxygens (including phenoxy) is 2. The quantitative estimate of drug-likeness (QED) is 0.326. The third-order valence-corrected chi connectivity index (χ3v) is 4.67. The van der Waals surface area contributed by atoms with Crippen molar-refractivity contribution >= 4 is 43.6 Å². The molecule has 2 rings (SSSR count). The Balaban J connectivity index is 2.55. The summed E-state index contributed by atoms with van der Waals surface area (Å²) in [5.74, 6) is 0.211. The topological polar surface area (TPSA) is 52.6 Å². The molecule has 1 aromatic rings. The molecule has 0 N–H and O–H groups in total. The van der Waals surface area contributed by atoms with Crippen molar-refractivity contribution in [3.05, 3.63) is 23.3 Å². The van der Waals surface area contributed by atoms with E-state index in [2.05, 4.69) is 31.9 Å². The number of halogens is 2. The van der Waals surface area contributed by atoms with Gasteiger partial charge in [0.2, 0.25) is 0 Å². The van der Waals surface area contributed by atoms with E-state index >= 15 is 0 Å². The van der Waals surface area contributed by atoms with Crippen molar-refractivity contribution in [2.75, 3.05) is 7.11 Å². The molecule has 1 aromatic carbocycles. The molecule has 0 aliphatic heterocycles. The van der Waals surface area contributed by atoms with Crippen LogP contribution in [0.2, 0.25) is 0 Å². The number of ketones is 1. The van der Waals surface area contributed by atoms with E-state index in [1.165, 1.54) is 14.0 Å². The van der Waals surface area contributed by atoms with Crippen LogP contribution in [-0.2, 0) is 11.2 Å². The van der Waals surface area contributed by atoms with E-state index in [9.17, 15) is 9.59 Å². The summed E-state index contributed by atoms with van der Waals surface area (Å²) in [4.78, 5) is 23.7. The zero-order valence-electron chi connectivity index (χ0n) is 11.2. The maximum Gasteiger partial charge on any atom is 0.308 e. The number of rotatable bonds is 2. The highest BCUT2D eigenvalue weighted by molar-refractivity contribution is 9.25. The molecule has 4 nitrogen and oxygen atoms in total.